The van der Waals surface area contributed by atoms with Crippen molar-refractivity contribution in [3.05, 3.63) is 41.6 Å². The summed E-state index contributed by atoms with van der Waals surface area (Å²) >= 11 is 0. The summed E-state index contributed by atoms with van der Waals surface area (Å²) in [4.78, 5) is 37.6. The number of piperidine rings is 1. The van der Waals surface area contributed by atoms with Crippen LogP contribution >= 0.6 is 0 Å². The van der Waals surface area contributed by atoms with E-state index in [-0.39, 0.29) is 29.6 Å². The Hall–Kier alpha value is -3.41. The minimum atomic E-state index is -4.67. The number of likely N-dealkylation sites (tertiary alicyclic amines) is 1. The lowest BCUT2D eigenvalue weighted by Crippen LogP contribution is -2.41. The van der Waals surface area contributed by atoms with Gasteiger partial charge in [-0.15, -0.1) is 0 Å². The van der Waals surface area contributed by atoms with Crippen molar-refractivity contribution in [1.29, 1.82) is 0 Å². The van der Waals surface area contributed by atoms with Crippen molar-refractivity contribution >= 4 is 29.3 Å². The van der Waals surface area contributed by atoms with Gasteiger partial charge in [0, 0.05) is 43.1 Å². The van der Waals surface area contributed by atoms with E-state index in [0.29, 0.717) is 36.6 Å². The minimum absolute atomic E-state index is 0.0276. The van der Waals surface area contributed by atoms with Gasteiger partial charge in [0.25, 0.3) is 5.91 Å². The number of halogens is 3. The maximum Gasteiger partial charge on any atom is 0.421 e. The second kappa shape index (κ2) is 13.1. The third kappa shape index (κ3) is 8.08. The standard InChI is InChI=1S/C29H40F3N7O2/c1-18(2)34-26(40)22-6-5-7-24(22)36-25-23(29(30,31)32)16-33-28(37-25)35-21-10-8-20(9-11-21)27(41)39(4)17-19-12-14-38(3)15-13-19/h8-11,16,18-19,22,24H,5-7,12-15,17H2,1-4H3,(H,34,40)(H2,33,35,36,37)/t22-,24+/m0/s1. The number of anilines is 3. The fraction of sp³-hybridized carbons (Fsp3) is 0.586. The highest BCUT2D eigenvalue weighted by Crippen LogP contribution is 2.37. The van der Waals surface area contributed by atoms with Gasteiger partial charge in [-0.05, 0) is 89.9 Å². The summed E-state index contributed by atoms with van der Waals surface area (Å²) in [5, 5.41) is 8.68. The molecule has 9 nitrogen and oxygen atoms in total. The predicted octanol–water partition coefficient (Wildman–Crippen LogP) is 4.76. The second-order valence-electron chi connectivity index (χ2n) is 11.5. The van der Waals surface area contributed by atoms with Gasteiger partial charge in [0.15, 0.2) is 0 Å². The maximum atomic E-state index is 13.8. The molecule has 2 aliphatic rings. The molecular formula is C29H40F3N7O2. The van der Waals surface area contributed by atoms with Crippen LogP contribution in [0.25, 0.3) is 0 Å². The molecule has 3 N–H and O–H groups in total. The molecular weight excluding hydrogens is 535 g/mol. The Balaban J connectivity index is 1.44. The summed E-state index contributed by atoms with van der Waals surface area (Å²) in [7, 11) is 3.91. The molecule has 1 aromatic carbocycles. The van der Waals surface area contributed by atoms with Crippen LogP contribution in [-0.2, 0) is 11.0 Å². The fourth-order valence-corrected chi connectivity index (χ4v) is 5.53. The average Bonchev–Trinajstić information content (AvgIpc) is 3.37. The quantitative estimate of drug-likeness (QED) is 0.396. The van der Waals surface area contributed by atoms with Gasteiger partial charge in [0.1, 0.15) is 11.4 Å². The Morgan fingerprint density at radius 1 is 1.10 bits per heavy atom. The van der Waals surface area contributed by atoms with E-state index in [1.807, 2.05) is 13.8 Å². The number of carbonyl (C=O) groups excluding carboxylic acids is 2. The van der Waals surface area contributed by atoms with Gasteiger partial charge >= 0.3 is 6.18 Å². The number of aromatic nitrogens is 2. The topological polar surface area (TPSA) is 102 Å². The highest BCUT2D eigenvalue weighted by molar-refractivity contribution is 5.94. The van der Waals surface area contributed by atoms with Crippen molar-refractivity contribution < 1.29 is 22.8 Å². The first-order valence-electron chi connectivity index (χ1n) is 14.2. The molecule has 1 saturated heterocycles. The van der Waals surface area contributed by atoms with Crippen molar-refractivity contribution in [1.82, 2.24) is 25.1 Å². The summed E-state index contributed by atoms with van der Waals surface area (Å²) in [5.41, 5.74) is 0.0560. The van der Waals surface area contributed by atoms with Crippen LogP contribution in [0.1, 0.15) is 61.9 Å². The first-order chi connectivity index (χ1) is 19.4. The number of benzene rings is 1. The summed E-state index contributed by atoms with van der Waals surface area (Å²) < 4.78 is 41.4. The Labute approximate surface area is 239 Å². The smallest absolute Gasteiger partial charge is 0.366 e. The van der Waals surface area contributed by atoms with Crippen molar-refractivity contribution in [3.8, 4) is 0 Å². The van der Waals surface area contributed by atoms with E-state index >= 15 is 0 Å². The van der Waals surface area contributed by atoms with Crippen LogP contribution in [0.4, 0.5) is 30.6 Å². The molecule has 1 aromatic heterocycles. The molecule has 2 heterocycles. The van der Waals surface area contributed by atoms with Crippen LogP contribution < -0.4 is 16.0 Å². The van der Waals surface area contributed by atoms with Crippen molar-refractivity contribution in [2.45, 2.75) is 64.2 Å². The van der Waals surface area contributed by atoms with E-state index in [9.17, 15) is 22.8 Å². The normalized spacial score (nSPS) is 20.2. The molecule has 1 aliphatic carbocycles. The van der Waals surface area contributed by atoms with Gasteiger partial charge in [-0.3, -0.25) is 9.59 Å². The molecule has 2 aromatic rings. The van der Waals surface area contributed by atoms with E-state index in [1.54, 1.807) is 36.2 Å². The lowest BCUT2D eigenvalue weighted by atomic mass is 9.96. The van der Waals surface area contributed by atoms with E-state index in [0.717, 1.165) is 38.5 Å². The highest BCUT2D eigenvalue weighted by Gasteiger charge is 2.39. The van der Waals surface area contributed by atoms with Gasteiger partial charge in [-0.25, -0.2) is 4.98 Å². The second-order valence-corrected chi connectivity index (χ2v) is 11.5. The number of alkyl halides is 3. The monoisotopic (exact) mass is 575 g/mol. The van der Waals surface area contributed by atoms with Crippen LogP contribution in [0.2, 0.25) is 0 Å². The van der Waals surface area contributed by atoms with Gasteiger partial charge in [-0.1, -0.05) is 6.42 Å². The molecule has 12 heteroatoms. The molecule has 0 radical (unpaired) electrons. The molecule has 0 bridgehead atoms. The first-order valence-corrected chi connectivity index (χ1v) is 14.2. The number of amides is 2. The van der Waals surface area contributed by atoms with E-state index < -0.39 is 23.7 Å². The van der Waals surface area contributed by atoms with Crippen molar-refractivity contribution in [3.63, 3.8) is 0 Å². The average molecular weight is 576 g/mol. The summed E-state index contributed by atoms with van der Waals surface area (Å²) in [6.45, 7) is 6.45. The molecule has 0 spiro atoms. The molecule has 2 amide bonds. The number of hydrogen-bond acceptors (Lipinski definition) is 7. The Morgan fingerprint density at radius 3 is 2.41 bits per heavy atom. The molecule has 1 aliphatic heterocycles. The van der Waals surface area contributed by atoms with Crippen LogP contribution in [0.3, 0.4) is 0 Å². The third-order valence-corrected chi connectivity index (χ3v) is 7.80. The lowest BCUT2D eigenvalue weighted by Gasteiger charge is -2.31. The Bertz CT molecular complexity index is 1200. The number of carbonyl (C=O) groups is 2. The van der Waals surface area contributed by atoms with Gasteiger partial charge in [-0.2, -0.15) is 18.2 Å². The molecule has 0 unspecified atom stereocenters. The highest BCUT2D eigenvalue weighted by atomic mass is 19.4. The van der Waals surface area contributed by atoms with Crippen LogP contribution in [-0.4, -0.2) is 77.4 Å². The van der Waals surface area contributed by atoms with Crippen molar-refractivity contribution in [2.75, 3.05) is 44.4 Å². The first kappa shape index (κ1) is 30.5. The zero-order valence-electron chi connectivity index (χ0n) is 24.1. The Morgan fingerprint density at radius 2 is 1.78 bits per heavy atom. The van der Waals surface area contributed by atoms with Crippen LogP contribution in [0, 0.1) is 11.8 Å². The molecule has 224 valence electrons. The number of rotatable bonds is 9. The lowest BCUT2D eigenvalue weighted by molar-refractivity contribution is -0.137. The van der Waals surface area contributed by atoms with Gasteiger partial charge in [0.05, 0.1) is 5.92 Å². The van der Waals surface area contributed by atoms with Gasteiger partial charge < -0.3 is 25.8 Å². The Kier molecular flexibility index (Phi) is 9.72. The predicted molar refractivity (Wildman–Crippen MR) is 152 cm³/mol. The molecule has 2 atom stereocenters. The summed E-state index contributed by atoms with van der Waals surface area (Å²) in [6, 6.07) is 6.16. The largest absolute Gasteiger partial charge is 0.421 e. The number of nitrogens with one attached hydrogen (secondary N) is 3. The van der Waals surface area contributed by atoms with E-state index in [1.165, 1.54) is 0 Å². The zero-order chi connectivity index (χ0) is 29.7. The molecule has 4 rings (SSSR count). The summed E-state index contributed by atoms with van der Waals surface area (Å²) in [5.74, 6) is -0.632. The van der Waals surface area contributed by atoms with Crippen LogP contribution in [0.15, 0.2) is 30.5 Å². The van der Waals surface area contributed by atoms with Crippen LogP contribution in [0.5, 0.6) is 0 Å². The zero-order valence-corrected chi connectivity index (χ0v) is 24.1. The third-order valence-electron chi connectivity index (χ3n) is 7.80. The van der Waals surface area contributed by atoms with Gasteiger partial charge in [0.2, 0.25) is 11.9 Å². The van der Waals surface area contributed by atoms with E-state index in [4.69, 9.17) is 0 Å². The maximum absolute atomic E-state index is 13.8. The SMILES string of the molecule is CC(C)NC(=O)[C@H]1CCC[C@H]1Nc1nc(Nc2ccc(C(=O)N(C)CC3CCN(C)CC3)cc2)ncc1C(F)(F)F. The number of hydrogen-bond donors (Lipinski definition) is 3. The molecule has 1 saturated carbocycles. The number of nitrogens with zero attached hydrogens (tertiary/aromatic N) is 4. The molecule has 41 heavy (non-hydrogen) atoms. The van der Waals surface area contributed by atoms with E-state index in [2.05, 4.69) is 37.9 Å². The fourth-order valence-electron chi connectivity index (χ4n) is 5.53. The minimum Gasteiger partial charge on any atom is -0.366 e. The summed E-state index contributed by atoms with van der Waals surface area (Å²) in [6.07, 6.45) is 0.0705. The van der Waals surface area contributed by atoms with Crippen molar-refractivity contribution in [2.24, 2.45) is 11.8 Å². The molecule has 2 fully saturated rings.